The van der Waals surface area contributed by atoms with Gasteiger partial charge in [-0.2, -0.15) is 0 Å². The lowest BCUT2D eigenvalue weighted by Gasteiger charge is -2.06. The van der Waals surface area contributed by atoms with Gasteiger partial charge in [0, 0.05) is 0 Å². The summed E-state index contributed by atoms with van der Waals surface area (Å²) in [5.41, 5.74) is 5.12. The molecule has 0 aliphatic rings. The van der Waals surface area contributed by atoms with E-state index in [1.165, 1.54) is 0 Å². The van der Waals surface area contributed by atoms with Gasteiger partial charge in [-0.1, -0.05) is 24.3 Å². The molecule has 0 amide bonds. The number of fused-ring (bicyclic) bond motifs is 1. The molecule has 0 fully saturated rings. The van der Waals surface area contributed by atoms with Crippen LogP contribution in [0.5, 0.6) is 0 Å². The number of hydrogen-bond donors (Lipinski definition) is 1. The summed E-state index contributed by atoms with van der Waals surface area (Å²) in [6.45, 7) is 4.08. The Morgan fingerprint density at radius 1 is 1.06 bits per heavy atom. The van der Waals surface area contributed by atoms with E-state index in [9.17, 15) is 0 Å². The van der Waals surface area contributed by atoms with Crippen LogP contribution in [0.25, 0.3) is 16.8 Å². The molecular formula is C15H14N2O. The second kappa shape index (κ2) is 3.88. The standard InChI is InChI=1S/C15H14N2O/c1-10-7-8-14-13(9-10)17(15(16)18-14)12-6-4-3-5-11(12)2/h3-9,16H,1-2H3. The summed E-state index contributed by atoms with van der Waals surface area (Å²) in [4.78, 5) is 0. The number of nitrogens with zero attached hydrogens (tertiary/aromatic N) is 1. The molecule has 0 bridgehead atoms. The molecule has 0 aliphatic heterocycles. The maximum atomic E-state index is 8.00. The van der Waals surface area contributed by atoms with Crippen LogP contribution in [0.2, 0.25) is 0 Å². The van der Waals surface area contributed by atoms with Gasteiger partial charge in [-0.25, -0.2) is 0 Å². The molecule has 1 aromatic heterocycles. The van der Waals surface area contributed by atoms with Crippen LogP contribution < -0.4 is 5.68 Å². The fourth-order valence-corrected chi connectivity index (χ4v) is 2.20. The molecule has 3 rings (SSSR count). The first-order chi connectivity index (χ1) is 8.66. The summed E-state index contributed by atoms with van der Waals surface area (Å²) in [5, 5.41) is 8.00. The number of nitrogens with one attached hydrogen (secondary N) is 1. The molecule has 0 spiro atoms. The molecule has 1 N–H and O–H groups in total. The summed E-state index contributed by atoms with van der Waals surface area (Å²) in [5.74, 6) is 0. The zero-order valence-electron chi connectivity index (χ0n) is 10.4. The third-order valence-electron chi connectivity index (χ3n) is 3.12. The van der Waals surface area contributed by atoms with E-state index in [1.807, 2.05) is 60.9 Å². The molecule has 3 heteroatoms. The fraction of sp³-hybridized carbons (Fsp3) is 0.133. The summed E-state index contributed by atoms with van der Waals surface area (Å²) in [6, 6.07) is 14.0. The lowest BCUT2D eigenvalue weighted by atomic mass is 10.2. The molecule has 3 aromatic rings. The van der Waals surface area contributed by atoms with Gasteiger partial charge in [0.25, 0.3) is 5.68 Å². The zero-order valence-corrected chi connectivity index (χ0v) is 10.4. The van der Waals surface area contributed by atoms with Gasteiger partial charge in [-0.3, -0.25) is 9.98 Å². The molecule has 1 heterocycles. The van der Waals surface area contributed by atoms with Crippen LogP contribution in [0, 0.1) is 19.3 Å². The first kappa shape index (κ1) is 10.8. The van der Waals surface area contributed by atoms with Crippen LogP contribution in [0.1, 0.15) is 11.1 Å². The first-order valence-electron chi connectivity index (χ1n) is 5.89. The molecule has 2 aromatic carbocycles. The molecule has 0 aliphatic carbocycles. The molecule has 0 unspecified atom stereocenters. The van der Waals surface area contributed by atoms with Crippen molar-refractivity contribution in [2.24, 2.45) is 0 Å². The molecule has 0 radical (unpaired) electrons. The highest BCUT2D eigenvalue weighted by Crippen LogP contribution is 2.20. The Balaban J connectivity index is 2.42. The predicted octanol–water partition coefficient (Wildman–Crippen LogP) is 3.32. The minimum atomic E-state index is 0.157. The topological polar surface area (TPSA) is 41.9 Å². The van der Waals surface area contributed by atoms with Gasteiger partial charge < -0.3 is 4.42 Å². The van der Waals surface area contributed by atoms with Crippen molar-refractivity contribution in [3.63, 3.8) is 0 Å². The van der Waals surface area contributed by atoms with E-state index < -0.39 is 0 Å². The van der Waals surface area contributed by atoms with Crippen LogP contribution in [-0.2, 0) is 0 Å². The van der Waals surface area contributed by atoms with Crippen molar-refractivity contribution in [1.29, 1.82) is 5.41 Å². The van der Waals surface area contributed by atoms with Gasteiger partial charge >= 0.3 is 0 Å². The van der Waals surface area contributed by atoms with Crippen molar-refractivity contribution < 1.29 is 4.42 Å². The second-order valence-corrected chi connectivity index (χ2v) is 4.50. The lowest BCUT2D eigenvalue weighted by Crippen LogP contribution is -2.13. The van der Waals surface area contributed by atoms with Crippen LogP contribution in [0.15, 0.2) is 46.9 Å². The Morgan fingerprint density at radius 2 is 1.83 bits per heavy atom. The van der Waals surface area contributed by atoms with E-state index >= 15 is 0 Å². The smallest absolute Gasteiger partial charge is 0.299 e. The van der Waals surface area contributed by atoms with Crippen molar-refractivity contribution >= 4 is 11.1 Å². The lowest BCUT2D eigenvalue weighted by molar-refractivity contribution is 0.509. The Bertz CT molecular complexity index is 781. The third-order valence-corrected chi connectivity index (χ3v) is 3.12. The summed E-state index contributed by atoms with van der Waals surface area (Å²) in [7, 11) is 0. The van der Waals surface area contributed by atoms with Crippen LogP contribution in [0.3, 0.4) is 0 Å². The van der Waals surface area contributed by atoms with Crippen molar-refractivity contribution in [3.05, 3.63) is 59.3 Å². The second-order valence-electron chi connectivity index (χ2n) is 4.50. The number of para-hydroxylation sites is 1. The summed E-state index contributed by atoms with van der Waals surface area (Å²) >= 11 is 0. The summed E-state index contributed by atoms with van der Waals surface area (Å²) < 4.78 is 7.34. The van der Waals surface area contributed by atoms with E-state index in [2.05, 4.69) is 0 Å². The van der Waals surface area contributed by atoms with Crippen LogP contribution in [0.4, 0.5) is 0 Å². The average molecular weight is 238 g/mol. The normalized spacial score (nSPS) is 11.0. The Hall–Kier alpha value is -2.29. The maximum Gasteiger partial charge on any atom is 0.299 e. The molecular weight excluding hydrogens is 224 g/mol. The minimum absolute atomic E-state index is 0.157. The predicted molar refractivity (Wildman–Crippen MR) is 70.9 cm³/mol. The van der Waals surface area contributed by atoms with Crippen molar-refractivity contribution in [3.8, 4) is 5.69 Å². The number of aromatic nitrogens is 1. The van der Waals surface area contributed by atoms with Gasteiger partial charge in [0.05, 0.1) is 11.2 Å². The molecule has 3 nitrogen and oxygen atoms in total. The minimum Gasteiger partial charge on any atom is -0.423 e. The van der Waals surface area contributed by atoms with Gasteiger partial charge in [0.1, 0.15) is 0 Å². The number of hydrogen-bond acceptors (Lipinski definition) is 2. The van der Waals surface area contributed by atoms with E-state index in [-0.39, 0.29) is 5.68 Å². The quantitative estimate of drug-likeness (QED) is 0.694. The number of rotatable bonds is 1. The van der Waals surface area contributed by atoms with Crippen molar-refractivity contribution in [1.82, 2.24) is 4.57 Å². The summed E-state index contributed by atoms with van der Waals surface area (Å²) in [6.07, 6.45) is 0. The van der Waals surface area contributed by atoms with Crippen LogP contribution in [-0.4, -0.2) is 4.57 Å². The van der Waals surface area contributed by atoms with E-state index in [0.29, 0.717) is 0 Å². The zero-order chi connectivity index (χ0) is 12.7. The molecule has 18 heavy (non-hydrogen) atoms. The van der Waals surface area contributed by atoms with Gasteiger partial charge in [0.15, 0.2) is 5.58 Å². The SMILES string of the molecule is Cc1ccc2oc(=N)n(-c3ccccc3C)c2c1. The number of aryl methyl sites for hydroxylation is 2. The Kier molecular flexibility index (Phi) is 2.33. The van der Waals surface area contributed by atoms with Gasteiger partial charge in [0.2, 0.25) is 0 Å². The van der Waals surface area contributed by atoms with E-state index in [4.69, 9.17) is 9.83 Å². The number of oxazole rings is 1. The van der Waals surface area contributed by atoms with Crippen molar-refractivity contribution in [2.75, 3.05) is 0 Å². The molecule has 0 atom stereocenters. The average Bonchev–Trinajstić information content (AvgIpc) is 2.66. The highest BCUT2D eigenvalue weighted by Gasteiger charge is 2.10. The maximum absolute atomic E-state index is 8.00. The number of benzene rings is 2. The Labute approximate surface area is 105 Å². The first-order valence-corrected chi connectivity index (χ1v) is 5.89. The van der Waals surface area contributed by atoms with Crippen LogP contribution >= 0.6 is 0 Å². The molecule has 90 valence electrons. The highest BCUT2D eigenvalue weighted by molar-refractivity contribution is 5.76. The van der Waals surface area contributed by atoms with E-state index in [0.717, 1.165) is 27.9 Å². The van der Waals surface area contributed by atoms with Gasteiger partial charge in [-0.05, 0) is 43.2 Å². The van der Waals surface area contributed by atoms with E-state index in [1.54, 1.807) is 0 Å². The van der Waals surface area contributed by atoms with Crippen molar-refractivity contribution in [2.45, 2.75) is 13.8 Å². The largest absolute Gasteiger partial charge is 0.423 e. The third kappa shape index (κ3) is 1.56. The highest BCUT2D eigenvalue weighted by atomic mass is 16.3. The Morgan fingerprint density at radius 3 is 2.61 bits per heavy atom. The molecule has 0 saturated heterocycles. The fourth-order valence-electron chi connectivity index (χ4n) is 2.20. The molecule has 0 saturated carbocycles. The monoisotopic (exact) mass is 238 g/mol. The van der Waals surface area contributed by atoms with Gasteiger partial charge in [-0.15, -0.1) is 0 Å².